The lowest BCUT2D eigenvalue weighted by Gasteiger charge is -2.23. The maximum atomic E-state index is 11.7. The zero-order valence-electron chi connectivity index (χ0n) is 15.1. The normalized spacial score (nSPS) is 12.7. The summed E-state index contributed by atoms with van der Waals surface area (Å²) in [6, 6.07) is 0. The molecule has 0 aliphatic carbocycles. The van der Waals surface area contributed by atoms with Crippen LogP contribution >= 0.6 is 0 Å². The molecule has 7 nitrogen and oxygen atoms in total. The largest absolute Gasteiger partial charge is 0.476 e. The minimum absolute atomic E-state index is 0.0433. The van der Waals surface area contributed by atoms with Gasteiger partial charge in [0.15, 0.2) is 5.69 Å². The van der Waals surface area contributed by atoms with Crippen LogP contribution in [-0.4, -0.2) is 59.6 Å². The van der Waals surface area contributed by atoms with E-state index in [-0.39, 0.29) is 23.5 Å². The number of pyridine rings is 1. The number of likely N-dealkylation sites (N-methyl/N-ethyl adjacent to an activating group) is 2. The molecular weight excluding hydrogens is 320 g/mol. The van der Waals surface area contributed by atoms with Crippen molar-refractivity contribution in [3.63, 3.8) is 0 Å². The number of rotatable bonds is 8. The molecule has 0 aliphatic heterocycles. The first kappa shape index (κ1) is 20.5. The van der Waals surface area contributed by atoms with Crippen LogP contribution in [0.3, 0.4) is 0 Å². The predicted octanol–water partition coefficient (Wildman–Crippen LogP) is 0.775. The number of carbonyl (C=O) groups is 1. The number of carboxylic acids is 1. The lowest BCUT2D eigenvalue weighted by molar-refractivity contribution is 0.0687. The predicted molar refractivity (Wildman–Crippen MR) is 98.8 cm³/mol. The van der Waals surface area contributed by atoms with Gasteiger partial charge in [-0.3, -0.25) is 4.90 Å². The Bertz CT molecular complexity index is 794. The Morgan fingerprint density at radius 3 is 2.52 bits per heavy atom. The minimum Gasteiger partial charge on any atom is -0.476 e. The number of nitrogens with zero attached hydrogens (tertiary/aromatic N) is 4. The Morgan fingerprint density at radius 2 is 2.08 bits per heavy atom. The molecule has 0 radical (unpaired) electrons. The smallest absolute Gasteiger partial charge is 0.354 e. The molecule has 0 amide bonds. The summed E-state index contributed by atoms with van der Waals surface area (Å²) in [5.41, 5.74) is 0.164. The van der Waals surface area contributed by atoms with Gasteiger partial charge in [0.2, 0.25) is 0 Å². The van der Waals surface area contributed by atoms with Crippen molar-refractivity contribution < 1.29 is 9.90 Å². The highest BCUT2D eigenvalue weighted by molar-refractivity contribution is 5.89. The van der Waals surface area contributed by atoms with Gasteiger partial charge in [0.1, 0.15) is 5.69 Å². The molecule has 1 aromatic rings. The van der Waals surface area contributed by atoms with Crippen LogP contribution in [0.2, 0.25) is 0 Å². The molecule has 0 aromatic carbocycles. The van der Waals surface area contributed by atoms with Gasteiger partial charge in [-0.25, -0.2) is 9.78 Å². The summed E-state index contributed by atoms with van der Waals surface area (Å²) in [7, 11) is 3.92. The van der Waals surface area contributed by atoms with Crippen molar-refractivity contribution in [3.05, 3.63) is 26.7 Å². The fraction of sp³-hybridized carbons (Fsp3) is 0.444. The zero-order chi connectivity index (χ0) is 19.0. The first-order chi connectivity index (χ1) is 11.9. The maximum absolute atomic E-state index is 11.7. The van der Waals surface area contributed by atoms with Gasteiger partial charge in [0, 0.05) is 30.4 Å². The molecule has 0 saturated heterocycles. The van der Waals surface area contributed by atoms with Crippen molar-refractivity contribution in [2.45, 2.75) is 20.4 Å². The van der Waals surface area contributed by atoms with E-state index in [0.717, 1.165) is 13.1 Å². The van der Waals surface area contributed by atoms with Crippen LogP contribution in [-0.2, 0) is 6.54 Å². The second-order valence-corrected chi connectivity index (χ2v) is 5.75. The zero-order valence-corrected chi connectivity index (χ0v) is 15.1. The molecule has 134 valence electrons. The van der Waals surface area contributed by atoms with Crippen molar-refractivity contribution in [3.8, 4) is 12.3 Å². The molecule has 1 N–H and O–H groups in total. The third-order valence-corrected chi connectivity index (χ3v) is 3.82. The van der Waals surface area contributed by atoms with Crippen molar-refractivity contribution in [2.75, 3.05) is 33.7 Å². The van der Waals surface area contributed by atoms with Gasteiger partial charge in [-0.2, -0.15) is 0 Å². The van der Waals surface area contributed by atoms with Crippen molar-refractivity contribution in [2.24, 2.45) is 5.18 Å². The fourth-order valence-corrected chi connectivity index (χ4v) is 2.43. The molecule has 1 rings (SSSR count). The van der Waals surface area contributed by atoms with Gasteiger partial charge in [-0.1, -0.05) is 18.9 Å². The Labute approximate surface area is 147 Å². The maximum Gasteiger partial charge on any atom is 0.354 e. The third-order valence-electron chi connectivity index (χ3n) is 3.82. The topological polar surface area (TPSA) is 86.1 Å². The number of hydrogen-bond acceptors (Lipinski definition) is 6. The van der Waals surface area contributed by atoms with Crippen molar-refractivity contribution in [1.29, 1.82) is 0 Å². The highest BCUT2D eigenvalue weighted by atomic mass is 16.4. The van der Waals surface area contributed by atoms with Crippen LogP contribution in [0.25, 0.3) is 12.2 Å². The van der Waals surface area contributed by atoms with Crippen LogP contribution in [0, 0.1) is 17.3 Å². The number of terminal acetylenes is 1. The van der Waals surface area contributed by atoms with Crippen LogP contribution in [0.5, 0.6) is 0 Å². The fourth-order valence-electron chi connectivity index (χ4n) is 2.43. The highest BCUT2D eigenvalue weighted by Gasteiger charge is 2.21. The van der Waals surface area contributed by atoms with Gasteiger partial charge in [-0.05, 0) is 38.8 Å². The summed E-state index contributed by atoms with van der Waals surface area (Å²) in [6.07, 6.45) is 8.34. The van der Waals surface area contributed by atoms with E-state index in [2.05, 4.69) is 16.1 Å². The third kappa shape index (κ3) is 5.21. The number of aromatic nitrogens is 1. The Hall–Kier alpha value is -2.56. The second-order valence-electron chi connectivity index (χ2n) is 5.75. The van der Waals surface area contributed by atoms with Gasteiger partial charge in [-0.15, -0.1) is 11.3 Å². The Kier molecular flexibility index (Phi) is 7.92. The van der Waals surface area contributed by atoms with E-state index in [9.17, 15) is 14.8 Å². The van der Waals surface area contributed by atoms with Crippen LogP contribution < -0.4 is 10.6 Å². The van der Waals surface area contributed by atoms with E-state index in [4.69, 9.17) is 6.42 Å². The minimum atomic E-state index is -1.20. The summed E-state index contributed by atoms with van der Waals surface area (Å²) in [5, 5.41) is 13.3. The van der Waals surface area contributed by atoms with Gasteiger partial charge in [0.25, 0.3) is 0 Å². The summed E-state index contributed by atoms with van der Waals surface area (Å²) in [6.45, 7) is 6.15. The first-order valence-corrected chi connectivity index (χ1v) is 7.98. The molecule has 0 atom stereocenters. The van der Waals surface area contributed by atoms with Gasteiger partial charge in [0.05, 0.1) is 5.35 Å². The van der Waals surface area contributed by atoms with E-state index >= 15 is 0 Å². The monoisotopic (exact) mass is 344 g/mol. The van der Waals surface area contributed by atoms with Crippen LogP contribution in [0.15, 0.2) is 5.18 Å². The number of hydrogen-bond donors (Lipinski definition) is 1. The summed E-state index contributed by atoms with van der Waals surface area (Å²) >= 11 is 0. The lowest BCUT2D eigenvalue weighted by atomic mass is 10.1. The number of carboxylic acid groups (broad SMARTS) is 1. The molecule has 0 spiro atoms. The molecular formula is C18H24N4O3. The molecule has 25 heavy (non-hydrogen) atoms. The average Bonchev–Trinajstić information content (AvgIpc) is 2.58. The van der Waals surface area contributed by atoms with E-state index in [1.165, 1.54) is 6.08 Å². The van der Waals surface area contributed by atoms with Gasteiger partial charge >= 0.3 is 5.97 Å². The van der Waals surface area contributed by atoms with Crippen LogP contribution in [0.4, 0.5) is 5.69 Å². The second kappa shape index (κ2) is 9.67. The molecule has 0 unspecified atom stereocenters. The SMILES string of the molecule is C#C/C=c1/c(N=O)c(CN(CC)CCN(C)C)c(C(=O)O)n/c1=C/C. The summed E-state index contributed by atoms with van der Waals surface area (Å²) < 4.78 is 0. The van der Waals surface area contributed by atoms with Crippen molar-refractivity contribution >= 4 is 23.8 Å². The molecule has 1 aromatic heterocycles. The van der Waals surface area contributed by atoms with E-state index in [1.807, 2.05) is 30.8 Å². The molecule has 0 bridgehead atoms. The van der Waals surface area contributed by atoms with E-state index in [0.29, 0.717) is 17.1 Å². The highest BCUT2D eigenvalue weighted by Crippen LogP contribution is 2.19. The standard InChI is InChI=1S/C18H24N4O3/c1-6-9-13-15(7-2)19-17(18(23)24)14(16(13)20-25)12-22(8-3)11-10-21(4)5/h1,7,9H,8,10-12H2,2-5H3,(H,23,24)/b13-9+,15-7+. The quantitative estimate of drug-likeness (QED) is 0.554. The molecule has 0 fully saturated rings. The summed E-state index contributed by atoms with van der Waals surface area (Å²) in [5.74, 6) is 1.17. The Balaban J connectivity index is 3.58. The molecule has 1 heterocycles. The number of aromatic carboxylic acids is 1. The van der Waals surface area contributed by atoms with Gasteiger partial charge < -0.3 is 10.0 Å². The molecule has 0 saturated carbocycles. The van der Waals surface area contributed by atoms with Crippen LogP contribution in [0.1, 0.15) is 29.9 Å². The van der Waals surface area contributed by atoms with Crippen molar-refractivity contribution in [1.82, 2.24) is 14.8 Å². The lowest BCUT2D eigenvalue weighted by Crippen LogP contribution is -2.36. The Morgan fingerprint density at radius 1 is 1.40 bits per heavy atom. The molecule has 0 aliphatic rings. The first-order valence-electron chi connectivity index (χ1n) is 7.98. The molecule has 7 heteroatoms. The van der Waals surface area contributed by atoms with E-state index < -0.39 is 5.97 Å². The summed E-state index contributed by atoms with van der Waals surface area (Å²) in [4.78, 5) is 31.4. The number of nitroso groups, excluding NO2 is 1. The average molecular weight is 344 g/mol. The van der Waals surface area contributed by atoms with E-state index in [1.54, 1.807) is 13.0 Å².